The van der Waals surface area contributed by atoms with Gasteiger partial charge in [0.1, 0.15) is 0 Å². The Kier molecular flexibility index (Phi) is 4.63. The number of amides is 1. The number of carbonyl (C=O) groups excluding carboxylic acids is 1. The van der Waals surface area contributed by atoms with Crippen molar-refractivity contribution >= 4 is 11.9 Å². The van der Waals surface area contributed by atoms with Crippen LogP contribution in [0, 0.1) is 0 Å². The molecule has 1 aromatic carbocycles. The summed E-state index contributed by atoms with van der Waals surface area (Å²) in [6, 6.07) is 7.90. The van der Waals surface area contributed by atoms with Crippen molar-refractivity contribution in [2.45, 2.75) is 37.6 Å². The van der Waals surface area contributed by atoms with Crippen LogP contribution in [0.1, 0.15) is 36.8 Å². The normalized spacial score (nSPS) is 19.6. The van der Waals surface area contributed by atoms with Gasteiger partial charge in [0, 0.05) is 7.11 Å². The molecule has 0 fully saturated rings. The van der Waals surface area contributed by atoms with Crippen molar-refractivity contribution in [3.8, 4) is 0 Å². The molecule has 0 aliphatic heterocycles. The van der Waals surface area contributed by atoms with Crippen LogP contribution in [0.5, 0.6) is 0 Å². The number of carboxylic acid groups (broad SMARTS) is 1. The fourth-order valence-electron chi connectivity index (χ4n) is 3.00. The third kappa shape index (κ3) is 3.61. The first kappa shape index (κ1) is 15.5. The average molecular weight is 291 g/mol. The van der Waals surface area contributed by atoms with E-state index in [1.54, 1.807) is 6.92 Å². The molecule has 0 saturated carbocycles. The molecule has 0 saturated heterocycles. The van der Waals surface area contributed by atoms with Gasteiger partial charge in [0.2, 0.25) is 5.91 Å². The summed E-state index contributed by atoms with van der Waals surface area (Å²) in [5.41, 5.74) is 1.35. The van der Waals surface area contributed by atoms with E-state index in [0.29, 0.717) is 0 Å². The third-order valence-corrected chi connectivity index (χ3v) is 3.88. The highest BCUT2D eigenvalue weighted by molar-refractivity contribution is 5.86. The zero-order valence-corrected chi connectivity index (χ0v) is 12.4. The van der Waals surface area contributed by atoms with Gasteiger partial charge in [0.25, 0.3) is 0 Å². The summed E-state index contributed by atoms with van der Waals surface area (Å²) in [6.45, 7) is 1.86. The molecule has 21 heavy (non-hydrogen) atoms. The number of carbonyl (C=O) groups is 2. The monoisotopic (exact) mass is 291 g/mol. The van der Waals surface area contributed by atoms with Crippen molar-refractivity contribution in [2.75, 3.05) is 13.7 Å². The quantitative estimate of drug-likeness (QED) is 0.836. The Balaban J connectivity index is 2.11. The zero-order chi connectivity index (χ0) is 15.5. The highest BCUT2D eigenvalue weighted by atomic mass is 16.5. The van der Waals surface area contributed by atoms with Crippen LogP contribution in [0.15, 0.2) is 24.3 Å². The van der Waals surface area contributed by atoms with Crippen LogP contribution in [0.2, 0.25) is 0 Å². The standard InChI is InChI=1S/C16H21NO4/c1-16(10-21-2,9-14(18)19)17-15(20)13-8-7-11-5-3-4-6-12(11)13/h3-6,13H,7-10H2,1-2H3,(H,17,20)(H,18,19). The topological polar surface area (TPSA) is 75.6 Å². The van der Waals surface area contributed by atoms with Gasteiger partial charge in [-0.3, -0.25) is 9.59 Å². The molecule has 2 N–H and O–H groups in total. The van der Waals surface area contributed by atoms with Gasteiger partial charge in [-0.2, -0.15) is 0 Å². The Morgan fingerprint density at radius 2 is 2.14 bits per heavy atom. The number of aryl methyl sites for hydroxylation is 1. The van der Waals surface area contributed by atoms with Gasteiger partial charge in [0.05, 0.1) is 24.5 Å². The fourth-order valence-corrected chi connectivity index (χ4v) is 3.00. The number of hydrogen-bond acceptors (Lipinski definition) is 3. The van der Waals surface area contributed by atoms with Crippen LogP contribution in [0.3, 0.4) is 0 Å². The van der Waals surface area contributed by atoms with Crippen molar-refractivity contribution in [1.82, 2.24) is 5.32 Å². The molecule has 5 nitrogen and oxygen atoms in total. The lowest BCUT2D eigenvalue weighted by molar-refractivity contribution is -0.139. The summed E-state index contributed by atoms with van der Waals surface area (Å²) in [6.07, 6.45) is 1.48. The van der Waals surface area contributed by atoms with Crippen molar-refractivity contribution in [2.24, 2.45) is 0 Å². The van der Waals surface area contributed by atoms with E-state index in [2.05, 4.69) is 5.32 Å². The Bertz CT molecular complexity index is 543. The first-order chi connectivity index (χ1) is 9.95. The van der Waals surface area contributed by atoms with E-state index in [1.807, 2.05) is 24.3 Å². The number of methoxy groups -OCH3 is 1. The molecule has 0 radical (unpaired) electrons. The Labute approximate surface area is 124 Å². The molecule has 1 aliphatic rings. The van der Waals surface area contributed by atoms with Crippen molar-refractivity contribution < 1.29 is 19.4 Å². The number of rotatable bonds is 6. The van der Waals surface area contributed by atoms with Crippen LogP contribution < -0.4 is 5.32 Å². The molecule has 114 valence electrons. The second-order valence-electron chi connectivity index (χ2n) is 5.84. The molecule has 2 unspecified atom stereocenters. The first-order valence-electron chi connectivity index (χ1n) is 7.06. The number of fused-ring (bicyclic) bond motifs is 1. The molecule has 2 rings (SSSR count). The lowest BCUT2D eigenvalue weighted by Crippen LogP contribution is -2.52. The Morgan fingerprint density at radius 1 is 1.43 bits per heavy atom. The minimum Gasteiger partial charge on any atom is -0.481 e. The molecule has 0 heterocycles. The molecular weight excluding hydrogens is 270 g/mol. The van der Waals surface area contributed by atoms with Crippen molar-refractivity contribution in [3.05, 3.63) is 35.4 Å². The van der Waals surface area contributed by atoms with Gasteiger partial charge >= 0.3 is 5.97 Å². The number of ether oxygens (including phenoxy) is 1. The Morgan fingerprint density at radius 3 is 2.81 bits per heavy atom. The summed E-state index contributed by atoms with van der Waals surface area (Å²) >= 11 is 0. The zero-order valence-electron chi connectivity index (χ0n) is 12.4. The summed E-state index contributed by atoms with van der Waals surface area (Å²) < 4.78 is 5.06. The van der Waals surface area contributed by atoms with Gasteiger partial charge in [-0.05, 0) is 30.9 Å². The van der Waals surface area contributed by atoms with E-state index in [9.17, 15) is 9.59 Å². The predicted octanol–water partition coefficient (Wildman–Crippen LogP) is 1.71. The lowest BCUT2D eigenvalue weighted by atomic mass is 9.95. The van der Waals surface area contributed by atoms with E-state index < -0.39 is 11.5 Å². The lowest BCUT2D eigenvalue weighted by Gasteiger charge is -2.30. The fraction of sp³-hybridized carbons (Fsp3) is 0.500. The third-order valence-electron chi connectivity index (χ3n) is 3.88. The summed E-state index contributed by atoms with van der Waals surface area (Å²) in [4.78, 5) is 23.5. The van der Waals surface area contributed by atoms with E-state index in [0.717, 1.165) is 18.4 Å². The highest BCUT2D eigenvalue weighted by Crippen LogP contribution is 2.33. The minimum absolute atomic E-state index is 0.124. The van der Waals surface area contributed by atoms with Crippen molar-refractivity contribution in [1.29, 1.82) is 0 Å². The highest BCUT2D eigenvalue weighted by Gasteiger charge is 2.35. The molecular formula is C16H21NO4. The van der Waals surface area contributed by atoms with Crippen LogP contribution >= 0.6 is 0 Å². The molecule has 1 aromatic rings. The number of carboxylic acids is 1. The smallest absolute Gasteiger partial charge is 0.305 e. The second-order valence-corrected chi connectivity index (χ2v) is 5.84. The largest absolute Gasteiger partial charge is 0.481 e. The van der Waals surface area contributed by atoms with Crippen LogP contribution in [0.25, 0.3) is 0 Å². The molecule has 5 heteroatoms. The number of aliphatic carboxylic acids is 1. The van der Waals surface area contributed by atoms with Crippen molar-refractivity contribution in [3.63, 3.8) is 0 Å². The molecule has 1 amide bonds. The maximum atomic E-state index is 12.5. The van der Waals surface area contributed by atoms with Gasteiger partial charge in [-0.15, -0.1) is 0 Å². The molecule has 0 spiro atoms. The molecule has 2 atom stereocenters. The van der Waals surface area contributed by atoms with Crippen LogP contribution in [-0.2, 0) is 20.7 Å². The van der Waals surface area contributed by atoms with E-state index in [4.69, 9.17) is 9.84 Å². The summed E-state index contributed by atoms with van der Waals surface area (Å²) in [5.74, 6) is -1.28. The number of hydrogen-bond donors (Lipinski definition) is 2. The van der Waals surface area contributed by atoms with Crippen LogP contribution in [0.4, 0.5) is 0 Å². The first-order valence-corrected chi connectivity index (χ1v) is 7.06. The van der Waals surface area contributed by atoms with Gasteiger partial charge in [-0.25, -0.2) is 0 Å². The van der Waals surface area contributed by atoms with E-state index >= 15 is 0 Å². The molecule has 1 aliphatic carbocycles. The average Bonchev–Trinajstić information content (AvgIpc) is 2.81. The van der Waals surface area contributed by atoms with Gasteiger partial charge in [0.15, 0.2) is 0 Å². The maximum Gasteiger partial charge on any atom is 0.305 e. The summed E-state index contributed by atoms with van der Waals surface area (Å²) in [7, 11) is 1.50. The SMILES string of the molecule is COCC(C)(CC(=O)O)NC(=O)C1CCc2ccccc21. The van der Waals surface area contributed by atoms with E-state index in [-0.39, 0.29) is 24.9 Å². The molecule has 0 aromatic heterocycles. The molecule has 0 bridgehead atoms. The van der Waals surface area contributed by atoms with Gasteiger partial charge < -0.3 is 15.2 Å². The predicted molar refractivity (Wildman–Crippen MR) is 78.2 cm³/mol. The summed E-state index contributed by atoms with van der Waals surface area (Å²) in [5, 5.41) is 11.9. The second kappa shape index (κ2) is 6.26. The Hall–Kier alpha value is -1.88. The maximum absolute atomic E-state index is 12.5. The number of benzene rings is 1. The van der Waals surface area contributed by atoms with Gasteiger partial charge in [-0.1, -0.05) is 24.3 Å². The number of nitrogens with one attached hydrogen (secondary N) is 1. The van der Waals surface area contributed by atoms with E-state index in [1.165, 1.54) is 12.7 Å². The minimum atomic E-state index is -0.957. The van der Waals surface area contributed by atoms with Crippen LogP contribution in [-0.4, -0.2) is 36.2 Å².